The zero-order chi connectivity index (χ0) is 12.7. The fourth-order valence-electron chi connectivity index (χ4n) is 2.51. The minimum absolute atomic E-state index is 0.159. The minimum atomic E-state index is -0.159. The summed E-state index contributed by atoms with van der Waals surface area (Å²) >= 11 is 0. The number of rotatable bonds is 1. The van der Waals surface area contributed by atoms with Gasteiger partial charge in [0.15, 0.2) is 0 Å². The molecule has 18 heavy (non-hydrogen) atoms. The summed E-state index contributed by atoms with van der Waals surface area (Å²) in [7, 11) is 1.57. The summed E-state index contributed by atoms with van der Waals surface area (Å²) in [5.74, 6) is 5.39. The molecular weight excluding hydrogens is 224 g/mol. The van der Waals surface area contributed by atoms with Crippen molar-refractivity contribution in [2.75, 3.05) is 7.05 Å². The number of hydrogen-bond acceptors (Lipinski definition) is 2. The first-order valence-electron chi connectivity index (χ1n) is 5.92. The lowest BCUT2D eigenvalue weighted by atomic mass is 9.90. The average Bonchev–Trinajstić information content (AvgIpc) is 2.39. The number of carbonyl (C=O) groups is 1. The van der Waals surface area contributed by atoms with Gasteiger partial charge in [-0.15, -0.1) is 0 Å². The van der Waals surface area contributed by atoms with Gasteiger partial charge >= 0.3 is 0 Å². The first kappa shape index (κ1) is 11.0. The van der Waals surface area contributed by atoms with Gasteiger partial charge in [0.25, 0.3) is 5.91 Å². The number of hydrazine groups is 1. The third-order valence-corrected chi connectivity index (χ3v) is 3.35. The second kappa shape index (κ2) is 3.96. The van der Waals surface area contributed by atoms with Crippen LogP contribution in [0, 0.1) is 0 Å². The molecule has 3 heteroatoms. The molecule has 0 spiro atoms. The Morgan fingerprint density at radius 1 is 1.28 bits per heavy atom. The maximum absolute atomic E-state index is 12.1. The zero-order valence-corrected chi connectivity index (χ0v) is 10.2. The average molecular weight is 238 g/mol. The lowest BCUT2D eigenvalue weighted by Gasteiger charge is -2.18. The standard InChI is InChI=1S/C15H14N2O/c1-17(16)15(18)13-9-8-11-5-2-4-10-6-3-7-12(13)14(10)11/h2-5,7-9H,6,16H2,1H3. The maximum atomic E-state index is 12.1. The number of benzene rings is 2. The van der Waals surface area contributed by atoms with Crippen LogP contribution in [0.15, 0.2) is 36.4 Å². The Bertz CT molecular complexity index is 671. The van der Waals surface area contributed by atoms with Crippen LogP contribution in [0.4, 0.5) is 0 Å². The third kappa shape index (κ3) is 1.52. The Hall–Kier alpha value is -2.13. The molecule has 2 aromatic carbocycles. The van der Waals surface area contributed by atoms with Crippen molar-refractivity contribution in [3.63, 3.8) is 0 Å². The van der Waals surface area contributed by atoms with Crippen molar-refractivity contribution >= 4 is 22.8 Å². The van der Waals surface area contributed by atoms with Gasteiger partial charge in [0, 0.05) is 12.6 Å². The number of amides is 1. The topological polar surface area (TPSA) is 46.3 Å². The fourth-order valence-corrected chi connectivity index (χ4v) is 2.51. The molecule has 0 bridgehead atoms. The summed E-state index contributed by atoms with van der Waals surface area (Å²) in [4.78, 5) is 12.1. The SMILES string of the molecule is CN(N)C(=O)c1ccc2cccc3c2c1C=CC3. The van der Waals surface area contributed by atoms with Crippen molar-refractivity contribution in [3.05, 3.63) is 53.1 Å². The van der Waals surface area contributed by atoms with E-state index < -0.39 is 0 Å². The highest BCUT2D eigenvalue weighted by Gasteiger charge is 2.17. The molecule has 0 heterocycles. The lowest BCUT2D eigenvalue weighted by molar-refractivity contribution is 0.0795. The van der Waals surface area contributed by atoms with E-state index in [0.717, 1.165) is 17.0 Å². The van der Waals surface area contributed by atoms with Crippen LogP contribution in [0.1, 0.15) is 21.5 Å². The minimum Gasteiger partial charge on any atom is -0.280 e. The van der Waals surface area contributed by atoms with Crippen LogP contribution < -0.4 is 5.84 Å². The van der Waals surface area contributed by atoms with E-state index in [-0.39, 0.29) is 5.91 Å². The van der Waals surface area contributed by atoms with Crippen molar-refractivity contribution in [2.45, 2.75) is 6.42 Å². The molecule has 0 saturated carbocycles. The second-order valence-electron chi connectivity index (χ2n) is 4.56. The number of hydrogen-bond donors (Lipinski definition) is 1. The predicted molar refractivity (Wildman–Crippen MR) is 73.0 cm³/mol. The van der Waals surface area contributed by atoms with E-state index in [1.165, 1.54) is 16.3 Å². The number of allylic oxidation sites excluding steroid dienone is 1. The van der Waals surface area contributed by atoms with Crippen LogP contribution in [0.3, 0.4) is 0 Å². The third-order valence-electron chi connectivity index (χ3n) is 3.35. The van der Waals surface area contributed by atoms with Gasteiger partial charge in [0.1, 0.15) is 0 Å². The van der Waals surface area contributed by atoms with Gasteiger partial charge in [-0.3, -0.25) is 9.80 Å². The molecule has 1 amide bonds. The Morgan fingerprint density at radius 3 is 2.89 bits per heavy atom. The smallest absolute Gasteiger partial charge is 0.268 e. The van der Waals surface area contributed by atoms with Crippen LogP contribution in [0.2, 0.25) is 0 Å². The fraction of sp³-hybridized carbons (Fsp3) is 0.133. The summed E-state index contributed by atoms with van der Waals surface area (Å²) < 4.78 is 0. The van der Waals surface area contributed by atoms with Gasteiger partial charge in [-0.2, -0.15) is 0 Å². The van der Waals surface area contributed by atoms with Crippen molar-refractivity contribution in [1.29, 1.82) is 0 Å². The first-order chi connectivity index (χ1) is 8.68. The van der Waals surface area contributed by atoms with Gasteiger partial charge in [0.05, 0.1) is 0 Å². The second-order valence-corrected chi connectivity index (χ2v) is 4.56. The maximum Gasteiger partial charge on any atom is 0.268 e. The molecule has 0 radical (unpaired) electrons. The Balaban J connectivity index is 2.34. The molecule has 2 N–H and O–H groups in total. The molecule has 3 nitrogen and oxygen atoms in total. The van der Waals surface area contributed by atoms with Crippen LogP contribution >= 0.6 is 0 Å². The van der Waals surface area contributed by atoms with E-state index in [2.05, 4.69) is 24.3 Å². The highest BCUT2D eigenvalue weighted by Crippen LogP contribution is 2.31. The summed E-state index contributed by atoms with van der Waals surface area (Å²) in [6.45, 7) is 0. The molecule has 0 saturated heterocycles. The Kier molecular flexibility index (Phi) is 2.42. The molecule has 1 aliphatic carbocycles. The molecule has 0 aliphatic heterocycles. The molecule has 0 unspecified atom stereocenters. The van der Waals surface area contributed by atoms with Crippen LogP contribution in [0.5, 0.6) is 0 Å². The van der Waals surface area contributed by atoms with Crippen molar-refractivity contribution in [2.24, 2.45) is 5.84 Å². The Morgan fingerprint density at radius 2 is 2.11 bits per heavy atom. The summed E-state index contributed by atoms with van der Waals surface area (Å²) in [6, 6.07) is 10.1. The van der Waals surface area contributed by atoms with Gasteiger partial charge in [-0.25, -0.2) is 5.84 Å². The molecule has 0 aromatic heterocycles. The molecule has 90 valence electrons. The lowest BCUT2D eigenvalue weighted by Crippen LogP contribution is -2.33. The van der Waals surface area contributed by atoms with E-state index in [9.17, 15) is 4.79 Å². The quantitative estimate of drug-likeness (QED) is 0.471. The van der Waals surface area contributed by atoms with Crippen LogP contribution in [-0.4, -0.2) is 18.0 Å². The number of nitrogens with zero attached hydrogens (tertiary/aromatic N) is 1. The van der Waals surface area contributed by atoms with Crippen molar-refractivity contribution < 1.29 is 4.79 Å². The van der Waals surface area contributed by atoms with Crippen LogP contribution in [0.25, 0.3) is 16.8 Å². The van der Waals surface area contributed by atoms with E-state index in [1.807, 2.05) is 18.2 Å². The molecule has 1 aliphatic rings. The molecule has 2 aromatic rings. The van der Waals surface area contributed by atoms with E-state index in [1.54, 1.807) is 7.05 Å². The van der Waals surface area contributed by atoms with Gasteiger partial charge in [-0.1, -0.05) is 36.4 Å². The zero-order valence-electron chi connectivity index (χ0n) is 10.2. The van der Waals surface area contributed by atoms with Gasteiger partial charge < -0.3 is 0 Å². The predicted octanol–water partition coefficient (Wildman–Crippen LogP) is 2.35. The first-order valence-corrected chi connectivity index (χ1v) is 5.92. The number of carbonyl (C=O) groups excluding carboxylic acids is 1. The van der Waals surface area contributed by atoms with Crippen molar-refractivity contribution in [1.82, 2.24) is 5.01 Å². The van der Waals surface area contributed by atoms with E-state index in [4.69, 9.17) is 5.84 Å². The summed E-state index contributed by atoms with van der Waals surface area (Å²) in [6.07, 6.45) is 5.02. The van der Waals surface area contributed by atoms with E-state index >= 15 is 0 Å². The van der Waals surface area contributed by atoms with Gasteiger partial charge in [0.2, 0.25) is 0 Å². The summed E-state index contributed by atoms with van der Waals surface area (Å²) in [5, 5.41) is 3.47. The molecule has 0 atom stereocenters. The Labute approximate surface area is 105 Å². The molecule has 3 rings (SSSR count). The summed E-state index contributed by atoms with van der Waals surface area (Å²) in [5.41, 5.74) is 2.91. The van der Waals surface area contributed by atoms with E-state index in [0.29, 0.717) is 5.56 Å². The molecular formula is C15H14N2O. The highest BCUT2D eigenvalue weighted by molar-refractivity contribution is 6.06. The largest absolute Gasteiger partial charge is 0.280 e. The van der Waals surface area contributed by atoms with Crippen molar-refractivity contribution in [3.8, 4) is 0 Å². The highest BCUT2D eigenvalue weighted by atomic mass is 16.2. The number of nitrogens with two attached hydrogens (primary N) is 1. The normalized spacial score (nSPS) is 12.8. The van der Waals surface area contributed by atoms with Crippen LogP contribution in [-0.2, 0) is 6.42 Å². The van der Waals surface area contributed by atoms with Gasteiger partial charge in [-0.05, 0) is 34.4 Å². The molecule has 0 fully saturated rings. The monoisotopic (exact) mass is 238 g/mol.